The normalized spacial score (nSPS) is 29.2. The van der Waals surface area contributed by atoms with Crippen molar-refractivity contribution in [2.24, 2.45) is 17.8 Å². The third-order valence-electron chi connectivity index (χ3n) is 4.96. The maximum absolute atomic E-state index is 12.5. The zero-order chi connectivity index (χ0) is 12.8. The molecule has 3 unspecified atom stereocenters. The molecule has 2 aliphatic carbocycles. The smallest absolute Gasteiger partial charge is 0.167 e. The van der Waals surface area contributed by atoms with E-state index in [1.165, 1.54) is 25.7 Å². The largest absolute Gasteiger partial charge is 0.294 e. The van der Waals surface area contributed by atoms with Gasteiger partial charge in [-0.25, -0.2) is 4.52 Å². The summed E-state index contributed by atoms with van der Waals surface area (Å²) in [6.45, 7) is 0. The van der Waals surface area contributed by atoms with Crippen LogP contribution in [0.4, 0.5) is 0 Å². The molecule has 0 aliphatic heterocycles. The number of hydrogen-bond acceptors (Lipinski definition) is 3. The van der Waals surface area contributed by atoms with E-state index in [2.05, 4.69) is 10.1 Å². The molecule has 4 rings (SSSR count). The summed E-state index contributed by atoms with van der Waals surface area (Å²) in [6, 6.07) is 0. The van der Waals surface area contributed by atoms with Crippen LogP contribution in [0.2, 0.25) is 0 Å². The second-order valence-corrected chi connectivity index (χ2v) is 6.03. The van der Waals surface area contributed by atoms with Crippen molar-refractivity contribution in [2.45, 2.75) is 32.1 Å². The van der Waals surface area contributed by atoms with Gasteiger partial charge in [0.2, 0.25) is 0 Å². The molecular weight excluding hydrogens is 238 g/mol. The summed E-state index contributed by atoms with van der Waals surface area (Å²) < 4.78 is 1.72. The van der Waals surface area contributed by atoms with Gasteiger partial charge in [-0.2, -0.15) is 5.10 Å². The first-order valence-corrected chi connectivity index (χ1v) is 7.12. The Kier molecular flexibility index (Phi) is 2.43. The molecule has 4 heteroatoms. The Morgan fingerprint density at radius 2 is 2.26 bits per heavy atom. The van der Waals surface area contributed by atoms with Gasteiger partial charge in [0.05, 0.1) is 23.5 Å². The lowest BCUT2D eigenvalue weighted by atomic mass is 9.84. The molecule has 0 N–H and O–H groups in total. The highest BCUT2D eigenvalue weighted by Gasteiger charge is 2.40. The van der Waals surface area contributed by atoms with E-state index in [9.17, 15) is 4.79 Å². The van der Waals surface area contributed by atoms with Gasteiger partial charge in [-0.1, -0.05) is 6.42 Å². The molecule has 2 aromatic heterocycles. The number of carbonyl (C=O) groups excluding carboxylic acids is 1. The van der Waals surface area contributed by atoms with E-state index in [0.29, 0.717) is 12.3 Å². The molecule has 3 atom stereocenters. The van der Waals surface area contributed by atoms with E-state index in [-0.39, 0.29) is 5.78 Å². The van der Waals surface area contributed by atoms with Gasteiger partial charge in [0.15, 0.2) is 5.78 Å². The maximum Gasteiger partial charge on any atom is 0.167 e. The van der Waals surface area contributed by atoms with Crippen LogP contribution in [0.1, 0.15) is 42.5 Å². The molecule has 2 fully saturated rings. The number of nitrogens with zero attached hydrogens (tertiary/aromatic N) is 3. The van der Waals surface area contributed by atoms with Crippen molar-refractivity contribution in [1.29, 1.82) is 0 Å². The van der Waals surface area contributed by atoms with Crippen molar-refractivity contribution < 1.29 is 4.79 Å². The van der Waals surface area contributed by atoms with E-state index in [1.54, 1.807) is 29.3 Å². The minimum absolute atomic E-state index is 0.237. The highest BCUT2D eigenvalue weighted by Crippen LogP contribution is 2.49. The van der Waals surface area contributed by atoms with Crippen LogP contribution < -0.4 is 0 Å². The summed E-state index contributed by atoms with van der Waals surface area (Å²) in [6.07, 6.45) is 12.9. The number of aromatic nitrogens is 3. The van der Waals surface area contributed by atoms with Crippen molar-refractivity contribution in [2.75, 3.05) is 0 Å². The SMILES string of the molecule is O=C(CC1CC2CCC1C2)c1cnn2ccncc12. The van der Waals surface area contributed by atoms with E-state index >= 15 is 0 Å². The van der Waals surface area contributed by atoms with Crippen LogP contribution in [0.25, 0.3) is 5.52 Å². The minimum atomic E-state index is 0.237. The predicted molar refractivity (Wildman–Crippen MR) is 70.9 cm³/mol. The molecule has 0 spiro atoms. The lowest BCUT2D eigenvalue weighted by Crippen LogP contribution is -2.15. The van der Waals surface area contributed by atoms with Gasteiger partial charge in [-0.05, 0) is 37.0 Å². The van der Waals surface area contributed by atoms with Gasteiger partial charge < -0.3 is 0 Å². The first-order chi connectivity index (χ1) is 9.31. The van der Waals surface area contributed by atoms with Crippen molar-refractivity contribution in [3.8, 4) is 0 Å². The molecule has 98 valence electrons. The number of ketones is 1. The van der Waals surface area contributed by atoms with Crippen LogP contribution in [0.5, 0.6) is 0 Å². The number of rotatable bonds is 3. The number of carbonyl (C=O) groups is 1. The quantitative estimate of drug-likeness (QED) is 0.792. The Morgan fingerprint density at radius 1 is 1.32 bits per heavy atom. The third kappa shape index (κ3) is 1.78. The van der Waals surface area contributed by atoms with Crippen molar-refractivity contribution >= 4 is 11.3 Å². The van der Waals surface area contributed by atoms with Crippen LogP contribution in [-0.4, -0.2) is 20.4 Å². The van der Waals surface area contributed by atoms with E-state index in [1.807, 2.05) is 0 Å². The molecule has 19 heavy (non-hydrogen) atoms. The predicted octanol–water partition coefficient (Wildman–Crippen LogP) is 2.74. The average molecular weight is 255 g/mol. The van der Waals surface area contributed by atoms with Gasteiger partial charge in [-0.3, -0.25) is 9.78 Å². The van der Waals surface area contributed by atoms with Gasteiger partial charge >= 0.3 is 0 Å². The van der Waals surface area contributed by atoms with Crippen molar-refractivity contribution in [1.82, 2.24) is 14.6 Å². The van der Waals surface area contributed by atoms with Crippen LogP contribution in [0, 0.1) is 17.8 Å². The molecule has 0 radical (unpaired) electrons. The summed E-state index contributed by atoms with van der Waals surface area (Å²) >= 11 is 0. The molecule has 2 aromatic rings. The topological polar surface area (TPSA) is 47.3 Å². The number of fused-ring (bicyclic) bond motifs is 3. The van der Waals surface area contributed by atoms with E-state index < -0.39 is 0 Å². The molecule has 4 nitrogen and oxygen atoms in total. The lowest BCUT2D eigenvalue weighted by Gasteiger charge is -2.20. The highest BCUT2D eigenvalue weighted by atomic mass is 16.1. The molecule has 2 saturated carbocycles. The fraction of sp³-hybridized carbons (Fsp3) is 0.533. The fourth-order valence-corrected chi connectivity index (χ4v) is 4.02. The average Bonchev–Trinajstić information content (AvgIpc) is 3.13. The van der Waals surface area contributed by atoms with Crippen LogP contribution >= 0.6 is 0 Å². The molecule has 0 amide bonds. The Labute approximate surface area is 111 Å². The van der Waals surface area contributed by atoms with Gasteiger partial charge in [0, 0.05) is 18.8 Å². The van der Waals surface area contributed by atoms with Crippen molar-refractivity contribution in [3.63, 3.8) is 0 Å². The standard InChI is InChI=1S/C15H17N3O/c19-15(7-12-6-10-1-2-11(12)5-10)13-8-17-18-4-3-16-9-14(13)18/h3-4,8-12H,1-2,5-7H2. The molecular formula is C15H17N3O. The van der Waals surface area contributed by atoms with Crippen LogP contribution in [0.3, 0.4) is 0 Å². The summed E-state index contributed by atoms with van der Waals surface area (Å²) in [5.74, 6) is 2.54. The highest BCUT2D eigenvalue weighted by molar-refractivity contribution is 6.02. The van der Waals surface area contributed by atoms with Crippen LogP contribution in [-0.2, 0) is 0 Å². The third-order valence-corrected chi connectivity index (χ3v) is 4.96. The zero-order valence-corrected chi connectivity index (χ0v) is 10.8. The van der Waals surface area contributed by atoms with Gasteiger partial charge in [0.25, 0.3) is 0 Å². The summed E-state index contributed by atoms with van der Waals surface area (Å²) in [7, 11) is 0. The summed E-state index contributed by atoms with van der Waals surface area (Å²) in [5.41, 5.74) is 1.56. The molecule has 0 aromatic carbocycles. The van der Waals surface area contributed by atoms with Gasteiger partial charge in [-0.15, -0.1) is 0 Å². The second kappa shape index (κ2) is 4.15. The van der Waals surface area contributed by atoms with Crippen LogP contribution in [0.15, 0.2) is 24.8 Å². The van der Waals surface area contributed by atoms with Crippen molar-refractivity contribution in [3.05, 3.63) is 30.4 Å². The molecule has 2 bridgehead atoms. The summed E-state index contributed by atoms with van der Waals surface area (Å²) in [4.78, 5) is 16.6. The Bertz CT molecular complexity index is 633. The fourth-order valence-electron chi connectivity index (χ4n) is 4.02. The Morgan fingerprint density at radius 3 is 3.05 bits per heavy atom. The Balaban J connectivity index is 1.57. The molecule has 2 aliphatic rings. The second-order valence-electron chi connectivity index (χ2n) is 6.03. The lowest BCUT2D eigenvalue weighted by molar-refractivity contribution is 0.0946. The Hall–Kier alpha value is -1.71. The maximum atomic E-state index is 12.5. The van der Waals surface area contributed by atoms with Gasteiger partial charge in [0.1, 0.15) is 0 Å². The summed E-state index contributed by atoms with van der Waals surface area (Å²) in [5, 5.41) is 4.22. The molecule has 0 saturated heterocycles. The number of hydrogen-bond donors (Lipinski definition) is 0. The van der Waals surface area contributed by atoms with E-state index in [0.717, 1.165) is 22.9 Å². The molecule has 2 heterocycles. The zero-order valence-electron chi connectivity index (χ0n) is 10.8. The van der Waals surface area contributed by atoms with E-state index in [4.69, 9.17) is 0 Å². The first kappa shape index (κ1) is 11.1. The minimum Gasteiger partial charge on any atom is -0.294 e. The first-order valence-electron chi connectivity index (χ1n) is 7.12. The number of Topliss-reactive ketones (excluding diaryl/α,β-unsaturated/α-hetero) is 1. The monoisotopic (exact) mass is 255 g/mol.